The number of hydrogen-bond donors (Lipinski definition) is 0. The summed E-state index contributed by atoms with van der Waals surface area (Å²) in [6, 6.07) is 14.4. The first kappa shape index (κ1) is 31.6. The predicted molar refractivity (Wildman–Crippen MR) is 176 cm³/mol. The van der Waals surface area contributed by atoms with Gasteiger partial charge in [-0.15, -0.1) is 0 Å². The van der Waals surface area contributed by atoms with Crippen molar-refractivity contribution < 1.29 is 0 Å². The van der Waals surface area contributed by atoms with Crippen LogP contribution < -0.4 is 9.80 Å². The van der Waals surface area contributed by atoms with E-state index in [9.17, 15) is 0 Å². The van der Waals surface area contributed by atoms with Crippen molar-refractivity contribution in [1.29, 1.82) is 0 Å². The average molecular weight is 533 g/mol. The van der Waals surface area contributed by atoms with Gasteiger partial charge in [0.2, 0.25) is 0 Å². The van der Waals surface area contributed by atoms with Gasteiger partial charge in [-0.1, -0.05) is 129 Å². The van der Waals surface area contributed by atoms with Crippen LogP contribution in [0.5, 0.6) is 0 Å². The maximum Gasteiger partial charge on any atom is 0.0449 e. The van der Waals surface area contributed by atoms with Gasteiger partial charge >= 0.3 is 0 Å². The Morgan fingerprint density at radius 3 is 1.08 bits per heavy atom. The Bertz CT molecular complexity index is 834. The van der Waals surface area contributed by atoms with E-state index in [1.165, 1.54) is 140 Å². The van der Waals surface area contributed by atoms with E-state index >= 15 is 0 Å². The molecule has 0 amide bonds. The molecule has 0 saturated carbocycles. The van der Waals surface area contributed by atoms with E-state index in [4.69, 9.17) is 0 Å². The Hall–Kier alpha value is -1.96. The SMILES string of the molecule is CCCCCCN(CCCCCC)c1cccc2c1-c1c(cccc1N(CCCCCC)CCCCCC)C2. The van der Waals surface area contributed by atoms with Crippen molar-refractivity contribution >= 4 is 11.4 Å². The van der Waals surface area contributed by atoms with Gasteiger partial charge in [0.15, 0.2) is 0 Å². The van der Waals surface area contributed by atoms with Crippen LogP contribution in [-0.4, -0.2) is 26.2 Å². The number of fused-ring (bicyclic) bond motifs is 3. The summed E-state index contributed by atoms with van der Waals surface area (Å²) in [4.78, 5) is 5.53. The molecule has 2 aromatic rings. The summed E-state index contributed by atoms with van der Waals surface area (Å²) >= 11 is 0. The van der Waals surface area contributed by atoms with Crippen LogP contribution in [0, 0.1) is 0 Å². The summed E-state index contributed by atoms with van der Waals surface area (Å²) < 4.78 is 0. The van der Waals surface area contributed by atoms with Crippen molar-refractivity contribution in [2.24, 2.45) is 0 Å². The summed E-state index contributed by atoms with van der Waals surface area (Å²) in [5.74, 6) is 0. The zero-order chi connectivity index (χ0) is 27.7. The van der Waals surface area contributed by atoms with Crippen molar-refractivity contribution in [3.05, 3.63) is 47.5 Å². The normalized spacial score (nSPS) is 12.0. The van der Waals surface area contributed by atoms with Crippen LogP contribution in [0.1, 0.15) is 142 Å². The van der Waals surface area contributed by atoms with Gasteiger partial charge in [-0.25, -0.2) is 0 Å². The van der Waals surface area contributed by atoms with Gasteiger partial charge in [0.25, 0.3) is 0 Å². The minimum Gasteiger partial charge on any atom is -0.371 e. The fraction of sp³-hybridized carbons (Fsp3) is 0.676. The highest BCUT2D eigenvalue weighted by molar-refractivity contribution is 5.94. The summed E-state index contributed by atoms with van der Waals surface area (Å²) in [6.45, 7) is 14.1. The maximum atomic E-state index is 2.77. The molecule has 2 aromatic carbocycles. The molecule has 39 heavy (non-hydrogen) atoms. The second-order valence-electron chi connectivity index (χ2n) is 12.0. The van der Waals surface area contributed by atoms with Crippen molar-refractivity contribution in [3.8, 4) is 11.1 Å². The molecule has 2 nitrogen and oxygen atoms in total. The molecule has 0 saturated heterocycles. The zero-order valence-corrected chi connectivity index (χ0v) is 26.2. The fourth-order valence-corrected chi connectivity index (χ4v) is 6.40. The molecule has 3 rings (SSSR count). The summed E-state index contributed by atoms with van der Waals surface area (Å²) in [5.41, 5.74) is 9.20. The smallest absolute Gasteiger partial charge is 0.0449 e. The van der Waals surface area contributed by atoms with E-state index in [-0.39, 0.29) is 0 Å². The van der Waals surface area contributed by atoms with Crippen LogP contribution >= 0.6 is 0 Å². The molecule has 0 unspecified atom stereocenters. The summed E-state index contributed by atoms with van der Waals surface area (Å²) in [7, 11) is 0. The highest BCUT2D eigenvalue weighted by Crippen LogP contribution is 2.48. The molecular formula is C37H60N2. The first-order valence-electron chi connectivity index (χ1n) is 17.0. The lowest BCUT2D eigenvalue weighted by molar-refractivity contribution is 0.608. The van der Waals surface area contributed by atoms with Crippen LogP contribution in [0.25, 0.3) is 11.1 Å². The number of hydrogen-bond acceptors (Lipinski definition) is 2. The minimum absolute atomic E-state index is 1.09. The number of nitrogens with zero attached hydrogens (tertiary/aromatic N) is 2. The van der Waals surface area contributed by atoms with E-state index in [1.54, 1.807) is 22.3 Å². The quantitative estimate of drug-likeness (QED) is 0.119. The molecule has 1 aliphatic rings. The lowest BCUT2D eigenvalue weighted by Crippen LogP contribution is -2.28. The molecule has 2 heteroatoms. The van der Waals surface area contributed by atoms with Crippen LogP contribution in [-0.2, 0) is 6.42 Å². The second-order valence-corrected chi connectivity index (χ2v) is 12.0. The molecule has 0 N–H and O–H groups in total. The van der Waals surface area contributed by atoms with E-state index in [0.717, 1.165) is 6.42 Å². The first-order chi connectivity index (χ1) is 19.2. The fourth-order valence-electron chi connectivity index (χ4n) is 6.40. The maximum absolute atomic E-state index is 2.77. The number of benzene rings is 2. The minimum atomic E-state index is 1.09. The van der Waals surface area contributed by atoms with Crippen molar-refractivity contribution in [1.82, 2.24) is 0 Å². The molecule has 0 bridgehead atoms. The third-order valence-electron chi connectivity index (χ3n) is 8.70. The Kier molecular flexibility index (Phi) is 14.9. The molecular weight excluding hydrogens is 472 g/mol. The topological polar surface area (TPSA) is 6.48 Å². The van der Waals surface area contributed by atoms with Crippen LogP contribution in [0.4, 0.5) is 11.4 Å². The average Bonchev–Trinajstić information content (AvgIpc) is 3.35. The molecule has 0 fully saturated rings. The van der Waals surface area contributed by atoms with Crippen LogP contribution in [0.3, 0.4) is 0 Å². The van der Waals surface area contributed by atoms with E-state index in [0.29, 0.717) is 0 Å². The molecule has 218 valence electrons. The molecule has 0 radical (unpaired) electrons. The standard InChI is InChI=1S/C37H60N2/c1-5-9-13-17-27-38(28-18-14-10-6-2)34-25-21-23-32-31-33-24-22-26-35(37(33)36(32)34)39(29-19-15-11-7-3)30-20-16-12-8-4/h21-26H,5-20,27-31H2,1-4H3. The van der Waals surface area contributed by atoms with Gasteiger partial charge in [-0.3, -0.25) is 0 Å². The monoisotopic (exact) mass is 532 g/mol. The van der Waals surface area contributed by atoms with E-state index in [2.05, 4.69) is 73.9 Å². The van der Waals surface area contributed by atoms with Crippen molar-refractivity contribution in [3.63, 3.8) is 0 Å². The van der Waals surface area contributed by atoms with Crippen molar-refractivity contribution in [2.45, 2.75) is 137 Å². The molecule has 0 heterocycles. The molecule has 1 aliphatic carbocycles. The Balaban J connectivity index is 1.93. The van der Waals surface area contributed by atoms with Gasteiger partial charge in [0.05, 0.1) is 0 Å². The second kappa shape index (κ2) is 18.4. The zero-order valence-electron chi connectivity index (χ0n) is 26.2. The van der Waals surface area contributed by atoms with Gasteiger partial charge in [0, 0.05) is 48.7 Å². The van der Waals surface area contributed by atoms with Crippen LogP contribution in [0.2, 0.25) is 0 Å². The first-order valence-corrected chi connectivity index (χ1v) is 17.0. The van der Waals surface area contributed by atoms with E-state index in [1.807, 2.05) is 0 Å². The molecule has 0 aliphatic heterocycles. The molecule has 0 aromatic heterocycles. The Morgan fingerprint density at radius 2 is 0.769 bits per heavy atom. The largest absolute Gasteiger partial charge is 0.371 e. The third kappa shape index (κ3) is 9.58. The molecule has 0 atom stereocenters. The lowest BCUT2D eigenvalue weighted by Gasteiger charge is -2.31. The Morgan fingerprint density at radius 1 is 0.436 bits per heavy atom. The predicted octanol–water partition coefficient (Wildman–Crippen LogP) is 11.2. The summed E-state index contributed by atoms with van der Waals surface area (Å²) in [5, 5.41) is 0. The molecule has 0 spiro atoms. The highest BCUT2D eigenvalue weighted by atomic mass is 15.1. The lowest BCUT2D eigenvalue weighted by atomic mass is 9.99. The van der Waals surface area contributed by atoms with Crippen molar-refractivity contribution in [2.75, 3.05) is 36.0 Å². The van der Waals surface area contributed by atoms with Crippen LogP contribution in [0.15, 0.2) is 36.4 Å². The number of anilines is 2. The van der Waals surface area contributed by atoms with Gasteiger partial charge in [-0.2, -0.15) is 0 Å². The number of rotatable bonds is 22. The number of unbranched alkanes of at least 4 members (excludes halogenated alkanes) is 12. The highest BCUT2D eigenvalue weighted by Gasteiger charge is 2.27. The van der Waals surface area contributed by atoms with E-state index < -0.39 is 0 Å². The Labute approximate surface area is 242 Å². The third-order valence-corrected chi connectivity index (χ3v) is 8.70. The summed E-state index contributed by atoms with van der Waals surface area (Å²) in [6.07, 6.45) is 22.4. The van der Waals surface area contributed by atoms with Gasteiger partial charge in [0.1, 0.15) is 0 Å². The van der Waals surface area contributed by atoms with Gasteiger partial charge in [-0.05, 0) is 55.4 Å². The van der Waals surface area contributed by atoms with Gasteiger partial charge < -0.3 is 9.80 Å².